The van der Waals surface area contributed by atoms with Gasteiger partial charge >= 0.3 is 6.18 Å². The monoisotopic (exact) mass is 257 g/mol. The van der Waals surface area contributed by atoms with Crippen molar-refractivity contribution in [3.63, 3.8) is 0 Å². The van der Waals surface area contributed by atoms with Crippen molar-refractivity contribution >= 4 is 5.69 Å². The van der Waals surface area contributed by atoms with E-state index in [4.69, 9.17) is 4.52 Å². The molecule has 18 heavy (non-hydrogen) atoms. The fraction of sp³-hybridized carbons (Fsp3) is 0.273. The van der Waals surface area contributed by atoms with Gasteiger partial charge in [-0.2, -0.15) is 13.2 Å². The van der Waals surface area contributed by atoms with Crippen molar-refractivity contribution in [3.8, 4) is 0 Å². The van der Waals surface area contributed by atoms with Crippen LogP contribution in [0.3, 0.4) is 0 Å². The standard InChI is InChI=1S/C11H10F3N3O/c1-7-9(6-17-18-7)16-5-8-2-3-15-10(4-8)11(12,13)14/h2-4,6,16H,5H2,1H3. The second-order valence-electron chi connectivity index (χ2n) is 3.70. The molecule has 0 aliphatic rings. The molecule has 2 aromatic heterocycles. The molecule has 2 rings (SSSR count). The van der Waals surface area contributed by atoms with Gasteiger partial charge in [-0.1, -0.05) is 5.16 Å². The minimum atomic E-state index is -4.43. The van der Waals surface area contributed by atoms with E-state index in [0.29, 0.717) is 17.0 Å². The third-order valence-corrected chi connectivity index (χ3v) is 2.35. The van der Waals surface area contributed by atoms with Gasteiger partial charge in [0.2, 0.25) is 0 Å². The first kappa shape index (κ1) is 12.4. The zero-order valence-corrected chi connectivity index (χ0v) is 9.45. The zero-order chi connectivity index (χ0) is 13.2. The van der Waals surface area contributed by atoms with Gasteiger partial charge in [-0.25, -0.2) is 0 Å². The molecule has 0 aliphatic heterocycles. The van der Waals surface area contributed by atoms with Crippen LogP contribution in [-0.2, 0) is 12.7 Å². The van der Waals surface area contributed by atoms with Crippen molar-refractivity contribution < 1.29 is 17.7 Å². The summed E-state index contributed by atoms with van der Waals surface area (Å²) in [5, 5.41) is 6.50. The molecule has 0 fully saturated rings. The summed E-state index contributed by atoms with van der Waals surface area (Å²) in [6.07, 6.45) is -1.81. The van der Waals surface area contributed by atoms with Crippen LogP contribution >= 0.6 is 0 Å². The van der Waals surface area contributed by atoms with Gasteiger partial charge in [-0.15, -0.1) is 0 Å². The number of anilines is 1. The maximum atomic E-state index is 12.4. The lowest BCUT2D eigenvalue weighted by Gasteiger charge is -2.08. The maximum Gasteiger partial charge on any atom is 0.433 e. The Morgan fingerprint density at radius 2 is 2.17 bits per heavy atom. The van der Waals surface area contributed by atoms with E-state index >= 15 is 0 Å². The average molecular weight is 257 g/mol. The minimum absolute atomic E-state index is 0.244. The summed E-state index contributed by atoms with van der Waals surface area (Å²) >= 11 is 0. The van der Waals surface area contributed by atoms with E-state index in [9.17, 15) is 13.2 Å². The molecule has 2 aromatic rings. The van der Waals surface area contributed by atoms with Crippen LogP contribution in [0.2, 0.25) is 0 Å². The number of halogens is 3. The number of rotatable bonds is 3. The highest BCUT2D eigenvalue weighted by Crippen LogP contribution is 2.27. The largest absolute Gasteiger partial charge is 0.433 e. The van der Waals surface area contributed by atoms with Gasteiger partial charge in [-0.3, -0.25) is 4.98 Å². The van der Waals surface area contributed by atoms with Crippen LogP contribution < -0.4 is 5.32 Å². The van der Waals surface area contributed by atoms with Crippen LogP contribution in [0, 0.1) is 6.92 Å². The third-order valence-electron chi connectivity index (χ3n) is 2.35. The molecule has 4 nitrogen and oxygen atoms in total. The van der Waals surface area contributed by atoms with Crippen LogP contribution in [0.1, 0.15) is 17.0 Å². The molecular weight excluding hydrogens is 247 g/mol. The molecule has 0 saturated heterocycles. The maximum absolute atomic E-state index is 12.4. The molecular formula is C11H10F3N3O. The average Bonchev–Trinajstić information content (AvgIpc) is 2.72. The lowest BCUT2D eigenvalue weighted by molar-refractivity contribution is -0.141. The zero-order valence-electron chi connectivity index (χ0n) is 9.45. The molecule has 1 N–H and O–H groups in total. The molecule has 0 aliphatic carbocycles. The Kier molecular flexibility index (Phi) is 3.22. The quantitative estimate of drug-likeness (QED) is 0.918. The Morgan fingerprint density at radius 3 is 2.78 bits per heavy atom. The number of pyridine rings is 1. The Labute approximate surface area is 101 Å². The van der Waals surface area contributed by atoms with Crippen LogP contribution in [-0.4, -0.2) is 10.1 Å². The van der Waals surface area contributed by atoms with Gasteiger partial charge in [0.05, 0.1) is 11.9 Å². The third kappa shape index (κ3) is 2.79. The number of aryl methyl sites for hydroxylation is 1. The van der Waals surface area contributed by atoms with Gasteiger partial charge < -0.3 is 9.84 Å². The van der Waals surface area contributed by atoms with Crippen LogP contribution in [0.15, 0.2) is 29.0 Å². The molecule has 2 heterocycles. The Morgan fingerprint density at radius 1 is 1.39 bits per heavy atom. The van der Waals surface area contributed by atoms with Crippen molar-refractivity contribution in [2.45, 2.75) is 19.6 Å². The summed E-state index contributed by atoms with van der Waals surface area (Å²) < 4.78 is 42.1. The van der Waals surface area contributed by atoms with Crippen molar-refractivity contribution in [1.82, 2.24) is 10.1 Å². The van der Waals surface area contributed by atoms with Crippen molar-refractivity contribution in [2.75, 3.05) is 5.32 Å². The fourth-order valence-electron chi connectivity index (χ4n) is 1.40. The SMILES string of the molecule is Cc1oncc1NCc1ccnc(C(F)(F)F)c1. The summed E-state index contributed by atoms with van der Waals surface area (Å²) in [5.74, 6) is 0.583. The molecule has 7 heteroatoms. The molecule has 0 radical (unpaired) electrons. The van der Waals surface area contributed by atoms with E-state index in [1.807, 2.05) is 0 Å². The fourth-order valence-corrected chi connectivity index (χ4v) is 1.40. The molecule has 0 unspecified atom stereocenters. The van der Waals surface area contributed by atoms with E-state index in [1.165, 1.54) is 12.3 Å². The van der Waals surface area contributed by atoms with E-state index in [2.05, 4.69) is 15.5 Å². The number of nitrogens with zero attached hydrogens (tertiary/aromatic N) is 2. The topological polar surface area (TPSA) is 51.0 Å². The second kappa shape index (κ2) is 4.67. The predicted octanol–water partition coefficient (Wildman–Crippen LogP) is 3.01. The van der Waals surface area contributed by atoms with Crippen molar-refractivity contribution in [1.29, 1.82) is 0 Å². The lowest BCUT2D eigenvalue weighted by atomic mass is 10.2. The Bertz CT molecular complexity index is 536. The molecule has 0 amide bonds. The Balaban J connectivity index is 2.09. The van der Waals surface area contributed by atoms with Gasteiger partial charge in [0, 0.05) is 12.7 Å². The van der Waals surface area contributed by atoms with E-state index < -0.39 is 11.9 Å². The molecule has 96 valence electrons. The van der Waals surface area contributed by atoms with Crippen molar-refractivity contribution in [3.05, 3.63) is 41.5 Å². The van der Waals surface area contributed by atoms with Crippen LogP contribution in [0.25, 0.3) is 0 Å². The summed E-state index contributed by atoms with van der Waals surface area (Å²) in [7, 11) is 0. The van der Waals surface area contributed by atoms with Gasteiger partial charge in [-0.05, 0) is 24.6 Å². The first-order valence-electron chi connectivity index (χ1n) is 5.14. The predicted molar refractivity (Wildman–Crippen MR) is 57.8 cm³/mol. The van der Waals surface area contributed by atoms with E-state index in [-0.39, 0.29) is 6.54 Å². The number of hydrogen-bond acceptors (Lipinski definition) is 4. The summed E-state index contributed by atoms with van der Waals surface area (Å²) in [6.45, 7) is 1.96. The highest BCUT2D eigenvalue weighted by Gasteiger charge is 2.32. The minimum Gasteiger partial charge on any atom is -0.377 e. The van der Waals surface area contributed by atoms with Crippen LogP contribution in [0.4, 0.5) is 18.9 Å². The first-order valence-corrected chi connectivity index (χ1v) is 5.14. The van der Waals surface area contributed by atoms with Crippen molar-refractivity contribution in [2.24, 2.45) is 0 Å². The van der Waals surface area contributed by atoms with E-state index in [1.54, 1.807) is 6.92 Å². The van der Waals surface area contributed by atoms with Gasteiger partial charge in [0.15, 0.2) is 5.76 Å². The number of hydrogen-bond donors (Lipinski definition) is 1. The highest BCUT2D eigenvalue weighted by molar-refractivity contribution is 5.44. The highest BCUT2D eigenvalue weighted by atomic mass is 19.4. The summed E-state index contributed by atoms with van der Waals surface area (Å²) in [5.41, 5.74) is 0.238. The summed E-state index contributed by atoms with van der Waals surface area (Å²) in [6, 6.07) is 2.53. The summed E-state index contributed by atoms with van der Waals surface area (Å²) in [4.78, 5) is 3.29. The van der Waals surface area contributed by atoms with Gasteiger partial charge in [0.25, 0.3) is 0 Å². The molecule has 0 aromatic carbocycles. The molecule has 0 atom stereocenters. The number of alkyl halides is 3. The smallest absolute Gasteiger partial charge is 0.377 e. The molecule has 0 bridgehead atoms. The normalized spacial score (nSPS) is 11.6. The molecule has 0 spiro atoms. The first-order chi connectivity index (χ1) is 8.47. The Hall–Kier alpha value is -2.05. The van der Waals surface area contributed by atoms with Gasteiger partial charge in [0.1, 0.15) is 5.69 Å². The lowest BCUT2D eigenvalue weighted by Crippen LogP contribution is -2.09. The molecule has 0 saturated carbocycles. The second-order valence-corrected chi connectivity index (χ2v) is 3.70. The van der Waals surface area contributed by atoms with Crippen LogP contribution in [0.5, 0.6) is 0 Å². The number of aromatic nitrogens is 2. The van der Waals surface area contributed by atoms with E-state index in [0.717, 1.165) is 12.3 Å². The number of nitrogens with one attached hydrogen (secondary N) is 1.